The predicted octanol–water partition coefficient (Wildman–Crippen LogP) is 2.34. The minimum absolute atomic E-state index is 0.0973. The van der Waals surface area contributed by atoms with Gasteiger partial charge in [-0.3, -0.25) is 4.79 Å². The molecular weight excluding hydrogens is 226 g/mol. The molecule has 0 bridgehead atoms. The average Bonchev–Trinajstić information content (AvgIpc) is 2.64. The Bertz CT molecular complexity index is 221. The highest BCUT2D eigenvalue weighted by molar-refractivity contribution is 7.99. The summed E-state index contributed by atoms with van der Waals surface area (Å²) in [4.78, 5) is 11.7. The summed E-state index contributed by atoms with van der Waals surface area (Å²) in [6.45, 7) is 4.05. The van der Waals surface area contributed by atoms with Crippen LogP contribution in [0.2, 0.25) is 0 Å². The molecule has 0 aromatic rings. The molecule has 1 saturated carbocycles. The van der Waals surface area contributed by atoms with E-state index >= 15 is 0 Å². The molecule has 0 radical (unpaired) electrons. The maximum Gasteiger partial charge on any atom is 0.233 e. The van der Waals surface area contributed by atoms with Gasteiger partial charge in [0, 0.05) is 11.3 Å². The minimum Gasteiger partial charge on any atom is -0.352 e. The first-order valence-corrected chi connectivity index (χ1v) is 7.36. The summed E-state index contributed by atoms with van der Waals surface area (Å²) < 4.78 is 0. The molecule has 0 aromatic heterocycles. The van der Waals surface area contributed by atoms with Gasteiger partial charge in [0.25, 0.3) is 0 Å². The van der Waals surface area contributed by atoms with E-state index in [-0.39, 0.29) is 11.2 Å². The summed E-state index contributed by atoms with van der Waals surface area (Å²) in [5.41, 5.74) is 0. The van der Waals surface area contributed by atoms with Crippen molar-refractivity contribution < 1.29 is 4.79 Å². The Morgan fingerprint density at radius 1 is 1.47 bits per heavy atom. The van der Waals surface area contributed by atoms with Crippen LogP contribution in [0.25, 0.3) is 0 Å². The topological polar surface area (TPSA) is 29.1 Å². The first kappa shape index (κ1) is 13.2. The van der Waals surface area contributed by atoms with Crippen molar-refractivity contribution in [2.45, 2.75) is 49.7 Å². The number of thioether (sulfide) groups is 1. The van der Waals surface area contributed by atoms with E-state index < -0.39 is 0 Å². The highest BCUT2D eigenvalue weighted by Crippen LogP contribution is 2.28. The average molecular weight is 247 g/mol. The molecule has 0 heterocycles. The molecule has 0 aliphatic heterocycles. The minimum atomic E-state index is -0.168. The van der Waals surface area contributed by atoms with Crippen molar-refractivity contribution in [1.82, 2.24) is 5.32 Å². The Balaban J connectivity index is 2.33. The zero-order valence-electron chi connectivity index (χ0n) is 9.69. The molecule has 3 atom stereocenters. The number of nitrogens with one attached hydrogen (secondary N) is 1. The highest BCUT2D eigenvalue weighted by atomic mass is 32.2. The van der Waals surface area contributed by atoms with Gasteiger partial charge in [-0.05, 0) is 31.4 Å². The SMILES string of the molecule is CSC1CCC(NC(=O)C(S)C(C)C)C1. The molecule has 1 amide bonds. The largest absolute Gasteiger partial charge is 0.352 e. The van der Waals surface area contributed by atoms with E-state index in [9.17, 15) is 4.79 Å². The fourth-order valence-corrected chi connectivity index (χ4v) is 2.75. The molecule has 0 spiro atoms. The summed E-state index contributed by atoms with van der Waals surface area (Å²) in [5.74, 6) is 0.395. The fourth-order valence-electron chi connectivity index (χ4n) is 1.87. The van der Waals surface area contributed by atoms with Gasteiger partial charge in [0.15, 0.2) is 0 Å². The van der Waals surface area contributed by atoms with Gasteiger partial charge in [-0.2, -0.15) is 24.4 Å². The van der Waals surface area contributed by atoms with Gasteiger partial charge in [0.1, 0.15) is 0 Å². The maximum atomic E-state index is 11.7. The van der Waals surface area contributed by atoms with Crippen LogP contribution in [0, 0.1) is 5.92 Å². The van der Waals surface area contributed by atoms with Gasteiger partial charge < -0.3 is 5.32 Å². The van der Waals surface area contributed by atoms with E-state index in [1.807, 2.05) is 25.6 Å². The molecular formula is C11H21NOS2. The van der Waals surface area contributed by atoms with Crippen LogP contribution in [-0.4, -0.2) is 28.7 Å². The van der Waals surface area contributed by atoms with Gasteiger partial charge in [-0.15, -0.1) is 0 Å². The molecule has 1 rings (SSSR count). The quantitative estimate of drug-likeness (QED) is 0.747. The molecule has 1 aliphatic carbocycles. The monoisotopic (exact) mass is 247 g/mol. The normalized spacial score (nSPS) is 28.1. The van der Waals surface area contributed by atoms with Crippen LogP contribution >= 0.6 is 24.4 Å². The molecule has 0 saturated heterocycles. The fraction of sp³-hybridized carbons (Fsp3) is 0.909. The first-order valence-electron chi connectivity index (χ1n) is 5.55. The van der Waals surface area contributed by atoms with Crippen molar-refractivity contribution in [3.8, 4) is 0 Å². The molecule has 2 nitrogen and oxygen atoms in total. The lowest BCUT2D eigenvalue weighted by molar-refractivity contribution is -0.121. The van der Waals surface area contributed by atoms with Gasteiger partial charge in [0.2, 0.25) is 5.91 Å². The molecule has 4 heteroatoms. The zero-order valence-corrected chi connectivity index (χ0v) is 11.4. The van der Waals surface area contributed by atoms with Crippen LogP contribution in [0.15, 0.2) is 0 Å². The zero-order chi connectivity index (χ0) is 11.4. The van der Waals surface area contributed by atoms with Crippen molar-refractivity contribution in [2.24, 2.45) is 5.92 Å². The van der Waals surface area contributed by atoms with Gasteiger partial charge in [0.05, 0.1) is 5.25 Å². The van der Waals surface area contributed by atoms with Crippen molar-refractivity contribution in [2.75, 3.05) is 6.26 Å². The van der Waals surface area contributed by atoms with Crippen molar-refractivity contribution >= 4 is 30.3 Å². The molecule has 1 aliphatic rings. The van der Waals surface area contributed by atoms with Crippen LogP contribution in [0.4, 0.5) is 0 Å². The molecule has 1 fully saturated rings. The van der Waals surface area contributed by atoms with E-state index in [1.54, 1.807) is 0 Å². The Morgan fingerprint density at radius 3 is 2.60 bits per heavy atom. The molecule has 88 valence electrons. The Kier molecular flexibility index (Phi) is 5.33. The second-order valence-electron chi connectivity index (χ2n) is 4.57. The third-order valence-corrected chi connectivity index (χ3v) is 4.89. The number of hydrogen-bond acceptors (Lipinski definition) is 3. The summed E-state index contributed by atoms with van der Waals surface area (Å²) >= 11 is 6.23. The van der Waals surface area contributed by atoms with Crippen LogP contribution in [-0.2, 0) is 4.79 Å². The lowest BCUT2D eigenvalue weighted by Crippen LogP contribution is -2.40. The number of thiol groups is 1. The third kappa shape index (κ3) is 3.91. The van der Waals surface area contributed by atoms with Crippen LogP contribution in [0.3, 0.4) is 0 Å². The number of rotatable bonds is 4. The number of carbonyl (C=O) groups excluding carboxylic acids is 1. The Hall–Kier alpha value is 0.170. The lowest BCUT2D eigenvalue weighted by atomic mass is 10.1. The summed E-state index contributed by atoms with van der Waals surface area (Å²) in [6.07, 6.45) is 5.61. The van der Waals surface area contributed by atoms with Gasteiger partial charge >= 0.3 is 0 Å². The van der Waals surface area contributed by atoms with Crippen LogP contribution < -0.4 is 5.32 Å². The highest BCUT2D eigenvalue weighted by Gasteiger charge is 2.27. The van der Waals surface area contributed by atoms with Crippen LogP contribution in [0.1, 0.15) is 33.1 Å². The lowest BCUT2D eigenvalue weighted by Gasteiger charge is -2.18. The standard InChI is InChI=1S/C11H21NOS2/c1-7(2)10(14)11(13)12-8-4-5-9(6-8)15-3/h7-10,14H,4-6H2,1-3H3,(H,12,13). The Labute approximate surface area is 102 Å². The summed E-state index contributed by atoms with van der Waals surface area (Å²) in [5, 5.41) is 3.66. The summed E-state index contributed by atoms with van der Waals surface area (Å²) in [6, 6.07) is 0.378. The van der Waals surface area contributed by atoms with Gasteiger partial charge in [-0.1, -0.05) is 13.8 Å². The van der Waals surface area contributed by atoms with Crippen molar-refractivity contribution in [1.29, 1.82) is 0 Å². The number of hydrogen-bond donors (Lipinski definition) is 2. The maximum absolute atomic E-state index is 11.7. The predicted molar refractivity (Wildman–Crippen MR) is 70.7 cm³/mol. The van der Waals surface area contributed by atoms with E-state index in [0.717, 1.165) is 18.1 Å². The Morgan fingerprint density at radius 2 is 2.13 bits per heavy atom. The summed E-state index contributed by atoms with van der Waals surface area (Å²) in [7, 11) is 0. The van der Waals surface area contributed by atoms with E-state index in [1.165, 1.54) is 6.42 Å². The number of carbonyl (C=O) groups is 1. The van der Waals surface area contributed by atoms with Crippen LogP contribution in [0.5, 0.6) is 0 Å². The van der Waals surface area contributed by atoms with E-state index in [0.29, 0.717) is 12.0 Å². The second-order valence-corrected chi connectivity index (χ2v) is 6.26. The molecule has 15 heavy (non-hydrogen) atoms. The first-order chi connectivity index (χ1) is 7.04. The van der Waals surface area contributed by atoms with E-state index in [2.05, 4.69) is 24.2 Å². The smallest absolute Gasteiger partial charge is 0.233 e. The van der Waals surface area contributed by atoms with Crippen molar-refractivity contribution in [3.05, 3.63) is 0 Å². The van der Waals surface area contributed by atoms with E-state index in [4.69, 9.17) is 0 Å². The molecule has 3 unspecified atom stereocenters. The third-order valence-electron chi connectivity index (χ3n) is 2.96. The van der Waals surface area contributed by atoms with Gasteiger partial charge in [-0.25, -0.2) is 0 Å². The molecule has 1 N–H and O–H groups in total. The number of amides is 1. The molecule has 0 aromatic carbocycles. The second kappa shape index (κ2) is 6.04. The van der Waals surface area contributed by atoms with Crippen molar-refractivity contribution in [3.63, 3.8) is 0 Å².